The van der Waals surface area contributed by atoms with E-state index in [4.69, 9.17) is 5.11 Å². The minimum absolute atomic E-state index is 0.00936. The average molecular weight is 290 g/mol. The number of nitrogens with zero attached hydrogens (tertiary/aromatic N) is 3. The van der Waals surface area contributed by atoms with Gasteiger partial charge in [0.2, 0.25) is 0 Å². The monoisotopic (exact) mass is 290 g/mol. The largest absolute Gasteiger partial charge is 0.392 e. The Hall–Kier alpha value is -2.41. The van der Waals surface area contributed by atoms with Crippen molar-refractivity contribution in [3.05, 3.63) is 51.3 Å². The first kappa shape index (κ1) is 15.0. The number of nitrogens with one attached hydrogen (secondary N) is 1. The molecule has 0 aliphatic carbocycles. The third-order valence-corrected chi connectivity index (χ3v) is 3.49. The molecule has 112 valence electrons. The fourth-order valence-corrected chi connectivity index (χ4v) is 2.10. The predicted molar refractivity (Wildman–Crippen MR) is 79.2 cm³/mol. The number of nitro benzene ring substituents is 1. The Morgan fingerprint density at radius 2 is 2.24 bits per heavy atom. The number of aliphatic hydroxyl groups is 1. The topological polar surface area (TPSA) is 93.2 Å². The van der Waals surface area contributed by atoms with E-state index in [1.54, 1.807) is 23.0 Å². The van der Waals surface area contributed by atoms with Gasteiger partial charge in [-0.2, -0.15) is 5.10 Å². The van der Waals surface area contributed by atoms with Gasteiger partial charge in [-0.1, -0.05) is 0 Å². The van der Waals surface area contributed by atoms with E-state index in [0.29, 0.717) is 17.8 Å². The molecule has 7 nitrogen and oxygen atoms in total. The Bertz CT molecular complexity index is 652. The van der Waals surface area contributed by atoms with Crippen LogP contribution in [-0.2, 0) is 20.1 Å². The van der Waals surface area contributed by atoms with Gasteiger partial charge in [-0.25, -0.2) is 0 Å². The lowest BCUT2D eigenvalue weighted by Gasteiger charge is -2.08. The normalized spacial score (nSPS) is 10.6. The number of rotatable bonds is 6. The lowest BCUT2D eigenvalue weighted by Crippen LogP contribution is -2.08. The van der Waals surface area contributed by atoms with E-state index in [-0.39, 0.29) is 12.3 Å². The quantitative estimate of drug-likeness (QED) is 0.625. The van der Waals surface area contributed by atoms with Gasteiger partial charge in [0.15, 0.2) is 0 Å². The second kappa shape index (κ2) is 6.36. The summed E-state index contributed by atoms with van der Waals surface area (Å²) in [6, 6.07) is 4.56. The minimum atomic E-state index is -0.432. The Balaban J connectivity index is 2.08. The van der Waals surface area contributed by atoms with Crippen LogP contribution in [0.1, 0.15) is 16.8 Å². The van der Waals surface area contributed by atoms with Crippen molar-refractivity contribution in [1.82, 2.24) is 9.78 Å². The second-order valence-electron chi connectivity index (χ2n) is 4.82. The standard InChI is InChI=1S/C14H18N4O3/c1-10-12(8-16-17(10)2)5-6-15-13-7-11(9-19)3-4-14(13)18(20)21/h3-4,7-8,15,19H,5-6,9H2,1-2H3. The van der Waals surface area contributed by atoms with Gasteiger partial charge >= 0.3 is 0 Å². The number of aliphatic hydroxyl groups excluding tert-OH is 1. The van der Waals surface area contributed by atoms with E-state index in [9.17, 15) is 10.1 Å². The summed E-state index contributed by atoms with van der Waals surface area (Å²) in [6.07, 6.45) is 2.52. The summed E-state index contributed by atoms with van der Waals surface area (Å²) in [4.78, 5) is 10.6. The molecule has 1 aromatic carbocycles. The van der Waals surface area contributed by atoms with Gasteiger partial charge in [-0.05, 0) is 36.6 Å². The molecule has 0 saturated carbocycles. The zero-order valence-corrected chi connectivity index (χ0v) is 12.0. The smallest absolute Gasteiger partial charge is 0.292 e. The third kappa shape index (κ3) is 3.38. The van der Waals surface area contributed by atoms with Crippen LogP contribution >= 0.6 is 0 Å². The molecule has 0 unspecified atom stereocenters. The Labute approximate surface area is 122 Å². The molecule has 2 N–H and O–H groups in total. The van der Waals surface area contributed by atoms with E-state index in [1.807, 2.05) is 14.0 Å². The highest BCUT2D eigenvalue weighted by molar-refractivity contribution is 5.62. The summed E-state index contributed by atoms with van der Waals surface area (Å²) < 4.78 is 1.80. The average Bonchev–Trinajstić information content (AvgIpc) is 2.79. The molecule has 7 heteroatoms. The van der Waals surface area contributed by atoms with E-state index in [2.05, 4.69) is 10.4 Å². The number of nitro groups is 1. The Morgan fingerprint density at radius 3 is 2.81 bits per heavy atom. The SMILES string of the molecule is Cc1c(CCNc2cc(CO)ccc2[N+](=O)[O-])cnn1C. The molecule has 0 bridgehead atoms. The molecule has 0 aliphatic rings. The summed E-state index contributed by atoms with van der Waals surface area (Å²) in [5.74, 6) is 0. The molecule has 0 amide bonds. The number of aryl methyl sites for hydroxylation is 1. The van der Waals surface area contributed by atoms with Crippen molar-refractivity contribution in [2.75, 3.05) is 11.9 Å². The number of hydrogen-bond acceptors (Lipinski definition) is 5. The van der Waals surface area contributed by atoms with Crippen LogP contribution in [-0.4, -0.2) is 26.4 Å². The fraction of sp³-hybridized carbons (Fsp3) is 0.357. The van der Waals surface area contributed by atoms with Crippen LogP contribution in [0, 0.1) is 17.0 Å². The van der Waals surface area contributed by atoms with Crippen molar-refractivity contribution < 1.29 is 10.0 Å². The van der Waals surface area contributed by atoms with Gasteiger partial charge in [-0.15, -0.1) is 0 Å². The Morgan fingerprint density at radius 1 is 1.48 bits per heavy atom. The summed E-state index contributed by atoms with van der Waals surface area (Å²) in [5, 5.41) is 27.4. The lowest BCUT2D eigenvalue weighted by molar-refractivity contribution is -0.384. The molecule has 0 aliphatic heterocycles. The highest BCUT2D eigenvalue weighted by Crippen LogP contribution is 2.25. The van der Waals surface area contributed by atoms with Crippen LogP contribution in [0.5, 0.6) is 0 Å². The van der Waals surface area contributed by atoms with Crippen LogP contribution in [0.15, 0.2) is 24.4 Å². The van der Waals surface area contributed by atoms with Gasteiger partial charge < -0.3 is 10.4 Å². The van der Waals surface area contributed by atoms with Crippen molar-refractivity contribution in [1.29, 1.82) is 0 Å². The summed E-state index contributed by atoms with van der Waals surface area (Å²) in [6.45, 7) is 2.40. The molecule has 1 aromatic heterocycles. The maximum atomic E-state index is 11.0. The highest BCUT2D eigenvalue weighted by Gasteiger charge is 2.14. The second-order valence-corrected chi connectivity index (χ2v) is 4.82. The van der Waals surface area contributed by atoms with Gasteiger partial charge in [0.1, 0.15) is 5.69 Å². The molecular formula is C14H18N4O3. The van der Waals surface area contributed by atoms with Gasteiger partial charge in [-0.3, -0.25) is 14.8 Å². The van der Waals surface area contributed by atoms with Crippen molar-refractivity contribution in [2.45, 2.75) is 20.0 Å². The zero-order valence-electron chi connectivity index (χ0n) is 12.0. The molecule has 0 saturated heterocycles. The predicted octanol–water partition coefficient (Wildman–Crippen LogP) is 1.78. The lowest BCUT2D eigenvalue weighted by atomic mass is 10.1. The maximum Gasteiger partial charge on any atom is 0.292 e. The fourth-order valence-electron chi connectivity index (χ4n) is 2.10. The third-order valence-electron chi connectivity index (χ3n) is 3.49. The first-order valence-corrected chi connectivity index (χ1v) is 6.62. The van der Waals surface area contributed by atoms with E-state index in [1.165, 1.54) is 6.07 Å². The molecule has 0 spiro atoms. The molecule has 2 rings (SSSR count). The summed E-state index contributed by atoms with van der Waals surface area (Å²) in [7, 11) is 1.88. The minimum Gasteiger partial charge on any atom is -0.392 e. The first-order valence-electron chi connectivity index (χ1n) is 6.62. The van der Waals surface area contributed by atoms with Gasteiger partial charge in [0, 0.05) is 25.4 Å². The molecule has 21 heavy (non-hydrogen) atoms. The highest BCUT2D eigenvalue weighted by atomic mass is 16.6. The van der Waals surface area contributed by atoms with Crippen LogP contribution in [0.3, 0.4) is 0 Å². The van der Waals surface area contributed by atoms with Gasteiger partial charge in [0.25, 0.3) is 5.69 Å². The molecule has 0 atom stereocenters. The summed E-state index contributed by atoms with van der Waals surface area (Å²) in [5.41, 5.74) is 3.25. The van der Waals surface area contributed by atoms with Crippen molar-refractivity contribution in [2.24, 2.45) is 7.05 Å². The van der Waals surface area contributed by atoms with E-state index >= 15 is 0 Å². The molecule has 1 heterocycles. The van der Waals surface area contributed by atoms with E-state index < -0.39 is 4.92 Å². The van der Waals surface area contributed by atoms with Gasteiger partial charge in [0.05, 0.1) is 17.7 Å². The van der Waals surface area contributed by atoms with Crippen LogP contribution < -0.4 is 5.32 Å². The van der Waals surface area contributed by atoms with Crippen LogP contribution in [0.4, 0.5) is 11.4 Å². The Kier molecular flexibility index (Phi) is 4.54. The number of aromatic nitrogens is 2. The molecule has 0 fully saturated rings. The molecular weight excluding hydrogens is 272 g/mol. The molecule has 0 radical (unpaired) electrons. The number of anilines is 1. The maximum absolute atomic E-state index is 11.0. The molecule has 2 aromatic rings. The van der Waals surface area contributed by atoms with E-state index in [0.717, 1.165) is 17.7 Å². The van der Waals surface area contributed by atoms with Crippen LogP contribution in [0.2, 0.25) is 0 Å². The number of hydrogen-bond donors (Lipinski definition) is 2. The summed E-state index contributed by atoms with van der Waals surface area (Å²) >= 11 is 0. The first-order chi connectivity index (χ1) is 10.0. The van der Waals surface area contributed by atoms with Crippen LogP contribution in [0.25, 0.3) is 0 Å². The number of benzene rings is 1. The zero-order chi connectivity index (χ0) is 15.4. The van der Waals surface area contributed by atoms with Crippen molar-refractivity contribution in [3.8, 4) is 0 Å². The van der Waals surface area contributed by atoms with Crippen molar-refractivity contribution >= 4 is 11.4 Å². The van der Waals surface area contributed by atoms with Crippen molar-refractivity contribution in [3.63, 3.8) is 0 Å².